The molecule has 1 saturated heterocycles. The molecule has 3 heterocycles. The minimum Gasteiger partial charge on any atom is -0.508 e. The molecule has 3 N–H and O–H groups in total. The zero-order chi connectivity index (χ0) is 23.2. The molecule has 3 atom stereocenters. The standard InChI is InChI=1S/C27H30N4O3/c1-16-21-13-27(34)24-10-18-4-5-20(32)12-22(18)26(27,7-9-30(24)15-17-2-3-17)14-23(21)29-31(16)19-6-8-28-25(33)11-19/h4-6,8,11-12,17,24,32,34H,2-3,7,9-10,13-15H2,1H3,(H,28,33)/t24-,26-,27-/m1/s1. The van der Waals surface area contributed by atoms with E-state index < -0.39 is 11.0 Å². The zero-order valence-corrected chi connectivity index (χ0v) is 19.4. The van der Waals surface area contributed by atoms with Crippen LogP contribution in [0.15, 0.2) is 41.3 Å². The molecule has 34 heavy (non-hydrogen) atoms. The molecule has 1 aromatic carbocycles. The molecule has 3 aromatic rings. The average Bonchev–Trinajstić information content (AvgIpc) is 3.57. The molecular formula is C27H30N4O3. The van der Waals surface area contributed by atoms with Gasteiger partial charge in [-0.25, -0.2) is 4.68 Å². The van der Waals surface area contributed by atoms with Crippen molar-refractivity contribution in [3.8, 4) is 11.4 Å². The molecule has 7 rings (SSSR count). The number of piperidine rings is 1. The first-order valence-corrected chi connectivity index (χ1v) is 12.4. The molecule has 4 aliphatic rings. The van der Waals surface area contributed by atoms with E-state index in [-0.39, 0.29) is 17.4 Å². The topological polar surface area (TPSA) is 94.4 Å². The molecule has 2 fully saturated rings. The Hall–Kier alpha value is -2.90. The van der Waals surface area contributed by atoms with Gasteiger partial charge in [-0.15, -0.1) is 0 Å². The van der Waals surface area contributed by atoms with Gasteiger partial charge in [0.15, 0.2) is 0 Å². The Morgan fingerprint density at radius 1 is 1.21 bits per heavy atom. The summed E-state index contributed by atoms with van der Waals surface area (Å²) in [6.45, 7) is 4.06. The smallest absolute Gasteiger partial charge is 0.250 e. The van der Waals surface area contributed by atoms with Crippen molar-refractivity contribution >= 4 is 0 Å². The van der Waals surface area contributed by atoms with E-state index >= 15 is 0 Å². The van der Waals surface area contributed by atoms with Crippen LogP contribution in [0.2, 0.25) is 0 Å². The number of nitrogens with one attached hydrogen (secondary N) is 1. The third-order valence-electron chi connectivity index (χ3n) is 9.10. The number of likely N-dealkylation sites (tertiary alicyclic amines) is 1. The summed E-state index contributed by atoms with van der Waals surface area (Å²) in [6, 6.07) is 9.19. The maximum atomic E-state index is 12.7. The molecule has 176 valence electrons. The molecule has 2 aromatic heterocycles. The van der Waals surface area contributed by atoms with E-state index in [2.05, 4.69) is 16.0 Å². The third-order valence-corrected chi connectivity index (χ3v) is 9.10. The lowest BCUT2D eigenvalue weighted by Crippen LogP contribution is -2.74. The van der Waals surface area contributed by atoms with E-state index in [9.17, 15) is 15.0 Å². The summed E-state index contributed by atoms with van der Waals surface area (Å²) in [4.78, 5) is 17.2. The van der Waals surface area contributed by atoms with Gasteiger partial charge in [-0.1, -0.05) is 6.07 Å². The highest BCUT2D eigenvalue weighted by Crippen LogP contribution is 2.58. The Labute approximate surface area is 198 Å². The second kappa shape index (κ2) is 6.83. The lowest BCUT2D eigenvalue weighted by atomic mass is 9.49. The van der Waals surface area contributed by atoms with Crippen molar-refractivity contribution in [2.24, 2.45) is 5.92 Å². The number of phenols is 1. The van der Waals surface area contributed by atoms with Crippen molar-refractivity contribution in [2.45, 2.75) is 62.5 Å². The van der Waals surface area contributed by atoms with Gasteiger partial charge in [0.2, 0.25) is 5.56 Å². The lowest BCUT2D eigenvalue weighted by Gasteiger charge is -2.63. The molecule has 0 amide bonds. The van der Waals surface area contributed by atoms with E-state index in [0.29, 0.717) is 12.8 Å². The van der Waals surface area contributed by atoms with Crippen molar-refractivity contribution in [1.29, 1.82) is 0 Å². The molecule has 7 heteroatoms. The Morgan fingerprint density at radius 2 is 2.06 bits per heavy atom. The summed E-state index contributed by atoms with van der Waals surface area (Å²) in [5.41, 5.74) is 4.57. The number of phenolic OH excluding ortho intramolecular Hbond substituents is 1. The van der Waals surface area contributed by atoms with Crippen molar-refractivity contribution in [1.82, 2.24) is 19.7 Å². The predicted molar refractivity (Wildman–Crippen MR) is 127 cm³/mol. The predicted octanol–water partition coefficient (Wildman–Crippen LogP) is 2.38. The van der Waals surface area contributed by atoms with Crippen LogP contribution in [-0.2, 0) is 24.7 Å². The molecule has 3 aliphatic carbocycles. The zero-order valence-electron chi connectivity index (χ0n) is 19.4. The van der Waals surface area contributed by atoms with Crippen LogP contribution in [0.1, 0.15) is 47.3 Å². The van der Waals surface area contributed by atoms with Gasteiger partial charge in [-0.2, -0.15) is 5.10 Å². The largest absolute Gasteiger partial charge is 0.508 e. The van der Waals surface area contributed by atoms with Gasteiger partial charge in [-0.05, 0) is 80.0 Å². The maximum absolute atomic E-state index is 12.7. The number of H-pyrrole nitrogens is 1. The fourth-order valence-corrected chi connectivity index (χ4v) is 7.20. The van der Waals surface area contributed by atoms with Crippen LogP contribution in [-0.4, -0.2) is 54.6 Å². The summed E-state index contributed by atoms with van der Waals surface area (Å²) in [6.07, 6.45) is 7.06. The monoisotopic (exact) mass is 458 g/mol. The van der Waals surface area contributed by atoms with Crippen LogP contribution in [0, 0.1) is 12.8 Å². The Bertz CT molecular complexity index is 1370. The number of pyridine rings is 1. The first-order chi connectivity index (χ1) is 16.4. The van der Waals surface area contributed by atoms with Gasteiger partial charge < -0.3 is 15.2 Å². The summed E-state index contributed by atoms with van der Waals surface area (Å²) in [5, 5.41) is 28.1. The Balaban J connectivity index is 1.40. The summed E-state index contributed by atoms with van der Waals surface area (Å²) >= 11 is 0. The normalized spacial score (nSPS) is 29.9. The average molecular weight is 459 g/mol. The number of aliphatic hydroxyl groups is 1. The molecule has 0 spiro atoms. The van der Waals surface area contributed by atoms with Crippen molar-refractivity contribution in [2.75, 3.05) is 13.1 Å². The first-order valence-electron chi connectivity index (χ1n) is 12.4. The van der Waals surface area contributed by atoms with Crippen LogP contribution in [0.5, 0.6) is 5.75 Å². The van der Waals surface area contributed by atoms with E-state index in [4.69, 9.17) is 5.10 Å². The van der Waals surface area contributed by atoms with Gasteiger partial charge >= 0.3 is 0 Å². The van der Waals surface area contributed by atoms with Crippen LogP contribution in [0.3, 0.4) is 0 Å². The number of benzene rings is 1. The minimum absolute atomic E-state index is 0.0503. The highest BCUT2D eigenvalue weighted by molar-refractivity contribution is 5.52. The van der Waals surface area contributed by atoms with Crippen molar-refractivity contribution < 1.29 is 10.2 Å². The van der Waals surface area contributed by atoms with Crippen LogP contribution < -0.4 is 5.56 Å². The molecule has 7 nitrogen and oxygen atoms in total. The Kier molecular flexibility index (Phi) is 4.11. The molecule has 0 radical (unpaired) electrons. The molecule has 0 unspecified atom stereocenters. The van der Waals surface area contributed by atoms with Crippen LogP contribution >= 0.6 is 0 Å². The highest BCUT2D eigenvalue weighted by atomic mass is 16.3. The number of aromatic amines is 1. The Morgan fingerprint density at radius 3 is 2.85 bits per heavy atom. The minimum atomic E-state index is -0.930. The molecule has 2 bridgehead atoms. The quantitative estimate of drug-likeness (QED) is 0.560. The SMILES string of the molecule is Cc1c2c(nn1-c1cc[nH]c(=O)c1)C[C@]13CCN(CC4CC4)[C@H](Cc4ccc(O)cc41)[C@]3(O)C2. The number of nitrogens with zero attached hydrogens (tertiary/aromatic N) is 3. The lowest BCUT2D eigenvalue weighted by molar-refractivity contribution is -0.152. The van der Waals surface area contributed by atoms with Gasteiger partial charge in [0, 0.05) is 48.8 Å². The highest BCUT2D eigenvalue weighted by Gasteiger charge is 2.65. The van der Waals surface area contributed by atoms with Gasteiger partial charge in [0.25, 0.3) is 0 Å². The molecule has 1 saturated carbocycles. The number of hydrogen-bond acceptors (Lipinski definition) is 5. The second-order valence-corrected chi connectivity index (χ2v) is 10.9. The van der Waals surface area contributed by atoms with E-state index in [1.54, 1.807) is 18.3 Å². The second-order valence-electron chi connectivity index (χ2n) is 10.9. The fourth-order valence-electron chi connectivity index (χ4n) is 7.20. The number of aromatic hydroxyl groups is 1. The van der Waals surface area contributed by atoms with E-state index in [0.717, 1.165) is 60.1 Å². The third kappa shape index (κ3) is 2.71. The summed E-state index contributed by atoms with van der Waals surface area (Å²) in [5.74, 6) is 1.02. The van der Waals surface area contributed by atoms with Crippen LogP contribution in [0.4, 0.5) is 0 Å². The number of fused-ring (bicyclic) bond motifs is 2. The first kappa shape index (κ1) is 20.5. The number of hydrogen-bond donors (Lipinski definition) is 3. The van der Waals surface area contributed by atoms with Crippen molar-refractivity contribution in [3.05, 3.63) is 75.0 Å². The number of rotatable bonds is 3. The van der Waals surface area contributed by atoms with E-state index in [1.165, 1.54) is 18.4 Å². The summed E-state index contributed by atoms with van der Waals surface area (Å²) < 4.78 is 1.85. The van der Waals surface area contributed by atoms with Gasteiger partial charge in [-0.3, -0.25) is 9.69 Å². The van der Waals surface area contributed by atoms with Crippen LogP contribution in [0.25, 0.3) is 5.69 Å². The van der Waals surface area contributed by atoms with Gasteiger partial charge in [0.05, 0.1) is 17.0 Å². The molecule has 1 aliphatic heterocycles. The van der Waals surface area contributed by atoms with E-state index in [1.807, 2.05) is 23.7 Å². The summed E-state index contributed by atoms with van der Waals surface area (Å²) in [7, 11) is 0. The maximum Gasteiger partial charge on any atom is 0.250 e. The molecular weight excluding hydrogens is 428 g/mol. The fraction of sp³-hybridized carbons (Fsp3) is 0.481. The van der Waals surface area contributed by atoms with Crippen molar-refractivity contribution in [3.63, 3.8) is 0 Å². The number of aromatic nitrogens is 3. The van der Waals surface area contributed by atoms with Gasteiger partial charge in [0.1, 0.15) is 5.75 Å².